The summed E-state index contributed by atoms with van der Waals surface area (Å²) in [5, 5.41) is 18.3. The average molecular weight is 208 g/mol. The quantitative estimate of drug-likeness (QED) is 0.730. The predicted molar refractivity (Wildman–Crippen MR) is 56.2 cm³/mol. The van der Waals surface area contributed by atoms with Gasteiger partial charge in [-0.25, -0.2) is 0 Å². The number of carbonyl (C=O) groups is 1. The summed E-state index contributed by atoms with van der Waals surface area (Å²) in [5.41, 5.74) is 0.691. The smallest absolute Gasteiger partial charge is 0.165 e. The van der Waals surface area contributed by atoms with Crippen LogP contribution < -0.4 is 4.74 Å². The van der Waals surface area contributed by atoms with Gasteiger partial charge < -0.3 is 14.9 Å². The molecule has 0 atom stereocenters. The maximum atomic E-state index is 10.7. The van der Waals surface area contributed by atoms with Gasteiger partial charge in [0.15, 0.2) is 17.8 Å². The van der Waals surface area contributed by atoms with Gasteiger partial charge >= 0.3 is 0 Å². The third-order valence-corrected chi connectivity index (χ3v) is 1.95. The number of aromatic hydroxyl groups is 1. The van der Waals surface area contributed by atoms with E-state index in [0.29, 0.717) is 17.4 Å². The van der Waals surface area contributed by atoms with E-state index in [9.17, 15) is 9.90 Å². The van der Waals surface area contributed by atoms with E-state index in [1.807, 2.05) is 0 Å². The lowest BCUT2D eigenvalue weighted by Crippen LogP contribution is -1.91. The summed E-state index contributed by atoms with van der Waals surface area (Å²) in [5.74, 6) is 0.185. The van der Waals surface area contributed by atoms with Crippen molar-refractivity contribution in [2.75, 3.05) is 13.7 Å². The van der Waals surface area contributed by atoms with Crippen molar-refractivity contribution in [3.8, 4) is 11.5 Å². The van der Waals surface area contributed by atoms with Crippen molar-refractivity contribution < 1.29 is 19.7 Å². The third kappa shape index (κ3) is 2.35. The second-order valence-electron chi connectivity index (χ2n) is 2.82. The molecule has 0 saturated carbocycles. The number of carbonyl (C=O) groups excluding carboxylic acids is 1. The second kappa shape index (κ2) is 5.17. The van der Waals surface area contributed by atoms with Gasteiger partial charge in [-0.15, -0.1) is 0 Å². The number of benzene rings is 1. The first-order chi connectivity index (χ1) is 7.24. The number of rotatable bonds is 4. The molecule has 80 valence electrons. The molecule has 2 N–H and O–H groups in total. The van der Waals surface area contributed by atoms with Crippen LogP contribution in [0.25, 0.3) is 6.08 Å². The molecule has 1 aromatic rings. The lowest BCUT2D eigenvalue weighted by atomic mass is 10.1. The van der Waals surface area contributed by atoms with E-state index in [2.05, 4.69) is 0 Å². The summed E-state index contributed by atoms with van der Waals surface area (Å²) in [7, 11) is 1.43. The van der Waals surface area contributed by atoms with Crippen molar-refractivity contribution in [3.05, 3.63) is 29.3 Å². The van der Waals surface area contributed by atoms with Gasteiger partial charge in [0.25, 0.3) is 0 Å². The van der Waals surface area contributed by atoms with E-state index in [1.54, 1.807) is 6.07 Å². The molecule has 0 aliphatic rings. The zero-order chi connectivity index (χ0) is 11.3. The van der Waals surface area contributed by atoms with Crippen LogP contribution in [0.3, 0.4) is 0 Å². The molecule has 4 nitrogen and oxygen atoms in total. The van der Waals surface area contributed by atoms with Crippen molar-refractivity contribution in [1.29, 1.82) is 0 Å². The van der Waals surface area contributed by atoms with Gasteiger partial charge in [0.1, 0.15) is 0 Å². The number of phenols is 1. The number of aldehydes is 1. The number of hydrogen-bond donors (Lipinski definition) is 2. The fourth-order valence-corrected chi connectivity index (χ4v) is 1.22. The van der Waals surface area contributed by atoms with E-state index in [-0.39, 0.29) is 18.1 Å². The molecule has 0 radical (unpaired) electrons. The monoisotopic (exact) mass is 208 g/mol. The highest BCUT2D eigenvalue weighted by Gasteiger charge is 2.09. The fraction of sp³-hybridized carbons (Fsp3) is 0.182. The van der Waals surface area contributed by atoms with Crippen LogP contribution in [0.4, 0.5) is 0 Å². The molecular weight excluding hydrogens is 196 g/mol. The highest BCUT2D eigenvalue weighted by molar-refractivity contribution is 5.85. The number of phenolic OH excluding ortho intramolecular Hbond substituents is 1. The molecule has 0 saturated heterocycles. The topological polar surface area (TPSA) is 66.8 Å². The Balaban J connectivity index is 3.28. The van der Waals surface area contributed by atoms with Crippen LogP contribution in [-0.4, -0.2) is 30.2 Å². The molecule has 1 rings (SSSR count). The van der Waals surface area contributed by atoms with E-state index >= 15 is 0 Å². The lowest BCUT2D eigenvalue weighted by Gasteiger charge is -2.07. The summed E-state index contributed by atoms with van der Waals surface area (Å²) < 4.78 is 4.90. The van der Waals surface area contributed by atoms with Crippen LogP contribution in [0.2, 0.25) is 0 Å². The minimum Gasteiger partial charge on any atom is -0.504 e. The summed E-state index contributed by atoms with van der Waals surface area (Å²) in [6.07, 6.45) is 3.54. The Kier molecular flexibility index (Phi) is 3.88. The molecule has 4 heteroatoms. The first kappa shape index (κ1) is 11.3. The number of ether oxygens (including phenoxy) is 1. The maximum absolute atomic E-state index is 10.7. The minimum atomic E-state index is -0.158. The molecule has 0 aliphatic heterocycles. The summed E-state index contributed by atoms with van der Waals surface area (Å²) >= 11 is 0. The van der Waals surface area contributed by atoms with Crippen LogP contribution in [0.1, 0.15) is 15.9 Å². The Morgan fingerprint density at radius 2 is 2.20 bits per heavy atom. The van der Waals surface area contributed by atoms with Gasteiger partial charge in [0.2, 0.25) is 0 Å². The summed E-state index contributed by atoms with van der Waals surface area (Å²) in [6.45, 7) is -0.158. The van der Waals surface area contributed by atoms with Crippen molar-refractivity contribution in [2.45, 2.75) is 0 Å². The zero-order valence-electron chi connectivity index (χ0n) is 8.30. The van der Waals surface area contributed by atoms with E-state index in [4.69, 9.17) is 9.84 Å². The van der Waals surface area contributed by atoms with Gasteiger partial charge in [-0.1, -0.05) is 12.2 Å². The first-order valence-electron chi connectivity index (χ1n) is 4.37. The normalized spacial score (nSPS) is 10.5. The van der Waals surface area contributed by atoms with E-state index in [0.717, 1.165) is 0 Å². The Morgan fingerprint density at radius 1 is 1.47 bits per heavy atom. The zero-order valence-corrected chi connectivity index (χ0v) is 8.30. The standard InChI is InChI=1S/C11H12O4/c1-15-10-5-4-8(7-13)9(11(10)14)3-2-6-12/h2-5,7,12,14H,6H2,1H3. The van der Waals surface area contributed by atoms with Gasteiger partial charge in [0.05, 0.1) is 13.7 Å². The van der Waals surface area contributed by atoms with Gasteiger partial charge in [-0.05, 0) is 12.1 Å². The average Bonchev–Trinajstić information content (AvgIpc) is 2.27. The Morgan fingerprint density at radius 3 is 2.73 bits per heavy atom. The lowest BCUT2D eigenvalue weighted by molar-refractivity contribution is 0.112. The highest BCUT2D eigenvalue weighted by Crippen LogP contribution is 2.32. The Hall–Kier alpha value is -1.81. The van der Waals surface area contributed by atoms with E-state index < -0.39 is 0 Å². The van der Waals surface area contributed by atoms with Gasteiger partial charge in [-0.3, -0.25) is 4.79 Å². The van der Waals surface area contributed by atoms with Gasteiger partial charge in [-0.2, -0.15) is 0 Å². The minimum absolute atomic E-state index is 0.105. The van der Waals surface area contributed by atoms with Crippen molar-refractivity contribution in [1.82, 2.24) is 0 Å². The van der Waals surface area contributed by atoms with Crippen LogP contribution in [0.5, 0.6) is 11.5 Å². The third-order valence-electron chi connectivity index (χ3n) is 1.95. The Bertz CT molecular complexity index is 382. The molecule has 0 amide bonds. The molecule has 0 fully saturated rings. The van der Waals surface area contributed by atoms with Crippen molar-refractivity contribution in [3.63, 3.8) is 0 Å². The number of methoxy groups -OCH3 is 1. The maximum Gasteiger partial charge on any atom is 0.165 e. The molecular formula is C11H12O4. The summed E-state index contributed by atoms with van der Waals surface area (Å²) in [6, 6.07) is 3.05. The molecule has 0 aliphatic carbocycles. The van der Waals surface area contributed by atoms with Crippen LogP contribution in [0.15, 0.2) is 18.2 Å². The number of aliphatic hydroxyl groups is 1. The number of aliphatic hydroxyl groups excluding tert-OH is 1. The molecule has 15 heavy (non-hydrogen) atoms. The molecule has 0 bridgehead atoms. The predicted octanol–water partition coefficient (Wildman–Crippen LogP) is 1.22. The Labute approximate surface area is 87.4 Å². The van der Waals surface area contributed by atoms with Gasteiger partial charge in [0, 0.05) is 11.1 Å². The largest absolute Gasteiger partial charge is 0.504 e. The van der Waals surface area contributed by atoms with Crippen LogP contribution in [-0.2, 0) is 0 Å². The fourth-order valence-electron chi connectivity index (χ4n) is 1.22. The molecule has 0 spiro atoms. The molecule has 0 unspecified atom stereocenters. The van der Waals surface area contributed by atoms with Crippen LogP contribution in [0, 0.1) is 0 Å². The SMILES string of the molecule is COc1ccc(C=O)c(C=CCO)c1O. The van der Waals surface area contributed by atoms with Crippen molar-refractivity contribution >= 4 is 12.4 Å². The van der Waals surface area contributed by atoms with Crippen molar-refractivity contribution in [2.24, 2.45) is 0 Å². The summed E-state index contributed by atoms with van der Waals surface area (Å²) in [4.78, 5) is 10.7. The molecule has 0 heterocycles. The molecule has 0 aromatic heterocycles. The van der Waals surface area contributed by atoms with E-state index in [1.165, 1.54) is 25.3 Å². The first-order valence-corrected chi connectivity index (χ1v) is 4.37. The highest BCUT2D eigenvalue weighted by atomic mass is 16.5. The molecule has 1 aromatic carbocycles. The van der Waals surface area contributed by atoms with Crippen LogP contribution >= 0.6 is 0 Å². The number of hydrogen-bond acceptors (Lipinski definition) is 4. The second-order valence-corrected chi connectivity index (χ2v) is 2.82.